The average Bonchev–Trinajstić information content (AvgIpc) is 2.64. The lowest BCUT2D eigenvalue weighted by Gasteiger charge is -2.03. The topological polar surface area (TPSA) is 26.3 Å². The van der Waals surface area contributed by atoms with Gasteiger partial charge in [-0.15, -0.1) is 0 Å². The molecular formula is C10H14F2O2. The fourth-order valence-electron chi connectivity index (χ4n) is 1.42. The van der Waals surface area contributed by atoms with Gasteiger partial charge < -0.3 is 4.74 Å². The van der Waals surface area contributed by atoms with E-state index in [1.54, 1.807) is 0 Å². The molecule has 0 aliphatic heterocycles. The molecule has 4 heteroatoms. The molecule has 0 N–H and O–H groups in total. The number of Topliss-reactive ketones (excluding diaryl/α,β-unsaturated/α-hetero) is 1. The van der Waals surface area contributed by atoms with E-state index in [0.717, 1.165) is 24.8 Å². The number of ketones is 1. The normalized spacial score (nSPS) is 16.1. The van der Waals surface area contributed by atoms with Crippen LogP contribution in [0.15, 0.2) is 11.6 Å². The maximum absolute atomic E-state index is 11.6. The maximum atomic E-state index is 11.6. The molecule has 0 bridgehead atoms. The summed E-state index contributed by atoms with van der Waals surface area (Å²) in [6, 6.07) is 0. The van der Waals surface area contributed by atoms with E-state index in [4.69, 9.17) is 0 Å². The van der Waals surface area contributed by atoms with Crippen LogP contribution in [0.2, 0.25) is 0 Å². The lowest BCUT2D eigenvalue weighted by atomic mass is 10.1. The van der Waals surface area contributed by atoms with Gasteiger partial charge in [-0.05, 0) is 24.8 Å². The largest absolute Gasteiger partial charge is 0.375 e. The molecule has 2 nitrogen and oxygen atoms in total. The minimum atomic E-state index is -2.45. The van der Waals surface area contributed by atoms with E-state index in [0.29, 0.717) is 0 Å². The van der Waals surface area contributed by atoms with Crippen LogP contribution in [0, 0.1) is 0 Å². The molecule has 0 fully saturated rings. The Morgan fingerprint density at radius 3 is 2.93 bits per heavy atom. The average molecular weight is 204 g/mol. The fourth-order valence-corrected chi connectivity index (χ4v) is 1.42. The summed E-state index contributed by atoms with van der Waals surface area (Å²) in [7, 11) is 0. The molecule has 0 saturated heterocycles. The van der Waals surface area contributed by atoms with Crippen LogP contribution in [-0.2, 0) is 9.53 Å². The van der Waals surface area contributed by atoms with Crippen molar-refractivity contribution >= 4 is 5.78 Å². The van der Waals surface area contributed by atoms with E-state index in [9.17, 15) is 13.6 Å². The lowest BCUT2D eigenvalue weighted by Crippen LogP contribution is -2.10. The first-order chi connectivity index (χ1) is 6.70. The predicted octanol–water partition coefficient (Wildman–Crippen LogP) is 2.34. The van der Waals surface area contributed by atoms with Crippen molar-refractivity contribution in [1.29, 1.82) is 0 Å². The number of carbonyl (C=O) groups excluding carboxylic acids is 1. The Bertz CT molecular complexity index is 224. The molecule has 0 spiro atoms. The zero-order chi connectivity index (χ0) is 10.4. The van der Waals surface area contributed by atoms with Crippen molar-refractivity contribution in [1.82, 2.24) is 0 Å². The summed E-state index contributed by atoms with van der Waals surface area (Å²) in [5.74, 6) is 0.0387. The summed E-state index contributed by atoms with van der Waals surface area (Å²) in [6.07, 6.45) is 2.51. The van der Waals surface area contributed by atoms with Gasteiger partial charge in [-0.3, -0.25) is 4.79 Å². The Morgan fingerprint density at radius 2 is 2.36 bits per heavy atom. The second kappa shape index (κ2) is 5.86. The van der Waals surface area contributed by atoms with Crippen LogP contribution in [0.1, 0.15) is 25.7 Å². The summed E-state index contributed by atoms with van der Waals surface area (Å²) in [4.78, 5) is 11.4. The minimum absolute atomic E-state index is 0.0387. The minimum Gasteiger partial charge on any atom is -0.375 e. The molecule has 0 heterocycles. The van der Waals surface area contributed by atoms with E-state index in [1.807, 2.05) is 6.08 Å². The second-order valence-corrected chi connectivity index (χ2v) is 3.26. The lowest BCUT2D eigenvalue weighted by molar-refractivity contribution is -0.117. The van der Waals surface area contributed by atoms with E-state index in [2.05, 4.69) is 4.74 Å². The number of hydrogen-bond acceptors (Lipinski definition) is 2. The molecule has 0 amide bonds. The molecule has 0 aromatic rings. The van der Waals surface area contributed by atoms with Gasteiger partial charge in [-0.2, -0.15) is 0 Å². The van der Waals surface area contributed by atoms with Crippen molar-refractivity contribution in [3.63, 3.8) is 0 Å². The molecule has 1 aliphatic rings. The third-order valence-corrected chi connectivity index (χ3v) is 2.12. The maximum Gasteiger partial charge on any atom is 0.261 e. The summed E-state index contributed by atoms with van der Waals surface area (Å²) >= 11 is 0. The second-order valence-electron chi connectivity index (χ2n) is 3.26. The number of carbonyl (C=O) groups is 1. The number of allylic oxidation sites excluding steroid dienone is 2. The Labute approximate surface area is 81.9 Å². The molecule has 0 radical (unpaired) electrons. The van der Waals surface area contributed by atoms with E-state index < -0.39 is 13.0 Å². The molecule has 0 unspecified atom stereocenters. The van der Waals surface area contributed by atoms with Gasteiger partial charge in [0.2, 0.25) is 0 Å². The number of ether oxygens (including phenoxy) is 1. The fraction of sp³-hybridized carbons (Fsp3) is 0.700. The first kappa shape index (κ1) is 11.3. The van der Waals surface area contributed by atoms with Crippen LogP contribution in [0.3, 0.4) is 0 Å². The van der Waals surface area contributed by atoms with Gasteiger partial charge in [-0.25, -0.2) is 8.78 Å². The van der Waals surface area contributed by atoms with Gasteiger partial charge in [0.1, 0.15) is 6.61 Å². The van der Waals surface area contributed by atoms with Gasteiger partial charge in [0.25, 0.3) is 6.43 Å². The summed E-state index contributed by atoms with van der Waals surface area (Å²) < 4.78 is 27.9. The highest BCUT2D eigenvalue weighted by Gasteiger charge is 2.13. The molecule has 1 rings (SSSR count). The summed E-state index contributed by atoms with van der Waals surface area (Å²) in [5.41, 5.74) is 0.839. The molecule has 0 aromatic heterocycles. The zero-order valence-electron chi connectivity index (χ0n) is 7.97. The van der Waals surface area contributed by atoms with Crippen LogP contribution in [0.4, 0.5) is 8.78 Å². The first-order valence-electron chi connectivity index (χ1n) is 4.78. The molecule has 0 aromatic carbocycles. The Balaban J connectivity index is 2.09. The van der Waals surface area contributed by atoms with Crippen LogP contribution >= 0.6 is 0 Å². The van der Waals surface area contributed by atoms with Gasteiger partial charge in [0, 0.05) is 6.42 Å². The predicted molar refractivity (Wildman–Crippen MR) is 48.4 cm³/mol. The zero-order valence-corrected chi connectivity index (χ0v) is 7.97. The molecule has 1 aliphatic carbocycles. The molecule has 14 heavy (non-hydrogen) atoms. The molecule has 80 valence electrons. The third-order valence-electron chi connectivity index (χ3n) is 2.12. The summed E-state index contributed by atoms with van der Waals surface area (Å²) in [6.45, 7) is -0.479. The Morgan fingerprint density at radius 1 is 1.57 bits per heavy atom. The van der Waals surface area contributed by atoms with Crippen LogP contribution in [0.5, 0.6) is 0 Å². The molecular weight excluding hydrogens is 190 g/mol. The van der Waals surface area contributed by atoms with E-state index >= 15 is 0 Å². The van der Waals surface area contributed by atoms with Gasteiger partial charge in [-0.1, -0.05) is 6.08 Å². The van der Waals surface area contributed by atoms with Gasteiger partial charge in [0.15, 0.2) is 5.78 Å². The summed E-state index contributed by atoms with van der Waals surface area (Å²) in [5, 5.41) is 0. The van der Waals surface area contributed by atoms with Gasteiger partial charge >= 0.3 is 0 Å². The van der Waals surface area contributed by atoms with Crippen LogP contribution in [0.25, 0.3) is 0 Å². The number of rotatable bonds is 6. The number of hydrogen-bond donors (Lipinski definition) is 0. The van der Waals surface area contributed by atoms with E-state index in [-0.39, 0.29) is 18.8 Å². The third kappa shape index (κ3) is 3.96. The quantitative estimate of drug-likeness (QED) is 0.621. The highest BCUT2D eigenvalue weighted by Crippen LogP contribution is 2.19. The van der Waals surface area contributed by atoms with Crippen LogP contribution < -0.4 is 0 Å². The number of alkyl halides is 2. The van der Waals surface area contributed by atoms with Crippen molar-refractivity contribution in [2.75, 3.05) is 13.2 Å². The first-order valence-corrected chi connectivity index (χ1v) is 4.78. The molecule has 0 saturated carbocycles. The Hall–Kier alpha value is -0.770. The molecule has 0 atom stereocenters. The van der Waals surface area contributed by atoms with Crippen LogP contribution in [-0.4, -0.2) is 25.4 Å². The Kier molecular flexibility index (Phi) is 4.73. The monoisotopic (exact) mass is 204 g/mol. The number of halogens is 2. The van der Waals surface area contributed by atoms with Crippen molar-refractivity contribution in [2.24, 2.45) is 0 Å². The van der Waals surface area contributed by atoms with Crippen molar-refractivity contribution in [3.05, 3.63) is 11.6 Å². The smallest absolute Gasteiger partial charge is 0.261 e. The van der Waals surface area contributed by atoms with Crippen molar-refractivity contribution in [2.45, 2.75) is 32.1 Å². The van der Waals surface area contributed by atoms with Gasteiger partial charge in [0.05, 0.1) is 6.61 Å². The SMILES string of the molecule is O=C(CCOCC(F)F)C1=CCCC1. The van der Waals surface area contributed by atoms with Crippen molar-refractivity contribution < 1.29 is 18.3 Å². The highest BCUT2D eigenvalue weighted by molar-refractivity contribution is 5.95. The van der Waals surface area contributed by atoms with E-state index in [1.165, 1.54) is 0 Å². The van der Waals surface area contributed by atoms with Crippen molar-refractivity contribution in [3.8, 4) is 0 Å². The highest BCUT2D eigenvalue weighted by atomic mass is 19.3. The standard InChI is InChI=1S/C10H14F2O2/c11-10(12)7-14-6-5-9(13)8-3-1-2-4-8/h3,10H,1-2,4-7H2.